The Kier molecular flexibility index (Phi) is 4.74. The molecule has 1 atom stereocenters. The summed E-state index contributed by atoms with van der Waals surface area (Å²) in [7, 11) is 0. The van der Waals surface area contributed by atoms with Crippen molar-refractivity contribution in [1.82, 2.24) is 15.0 Å². The molecule has 3 heterocycles. The number of nitrogens with zero attached hydrogens (tertiary/aromatic N) is 3. The Morgan fingerprint density at radius 3 is 2.56 bits per heavy atom. The first-order valence-electron chi connectivity index (χ1n) is 8.96. The number of hydrogen-bond donors (Lipinski definition) is 2. The fourth-order valence-corrected chi connectivity index (χ4v) is 4.82. The zero-order valence-electron chi connectivity index (χ0n) is 14.2. The van der Waals surface area contributed by atoms with Crippen molar-refractivity contribution in [3.63, 3.8) is 0 Å². The molecule has 25 heavy (non-hydrogen) atoms. The number of nitrogens with two attached hydrogens (primary N) is 2. The first-order chi connectivity index (χ1) is 12.3. The topological polar surface area (TPSA) is 90.7 Å². The van der Waals surface area contributed by atoms with E-state index in [9.17, 15) is 0 Å². The van der Waals surface area contributed by atoms with Gasteiger partial charge in [-0.05, 0) is 43.4 Å². The van der Waals surface area contributed by atoms with Gasteiger partial charge in [0.1, 0.15) is 4.83 Å². The molecule has 4 N–H and O–H groups in total. The van der Waals surface area contributed by atoms with Crippen LogP contribution in [-0.2, 0) is 12.8 Å². The number of fused-ring (bicyclic) bond motifs is 3. The van der Waals surface area contributed by atoms with Crippen LogP contribution in [0.2, 0.25) is 0 Å². The van der Waals surface area contributed by atoms with Crippen LogP contribution in [0.5, 0.6) is 0 Å². The van der Waals surface area contributed by atoms with Crippen LogP contribution in [0.3, 0.4) is 0 Å². The van der Waals surface area contributed by atoms with Crippen LogP contribution in [0.25, 0.3) is 21.6 Å². The summed E-state index contributed by atoms with van der Waals surface area (Å²) in [6.07, 6.45) is 10.8. The Labute approximate surface area is 151 Å². The van der Waals surface area contributed by atoms with Gasteiger partial charge in [-0.25, -0.2) is 9.97 Å². The summed E-state index contributed by atoms with van der Waals surface area (Å²) in [5.41, 5.74) is 15.5. The van der Waals surface area contributed by atoms with Gasteiger partial charge in [0.25, 0.3) is 0 Å². The molecule has 0 saturated carbocycles. The summed E-state index contributed by atoms with van der Waals surface area (Å²) in [6, 6.07) is 3.60. The number of aromatic nitrogens is 3. The predicted octanol–water partition coefficient (Wildman–Crippen LogP) is 3.37. The molecule has 6 heteroatoms. The monoisotopic (exact) mass is 353 g/mol. The lowest BCUT2D eigenvalue weighted by molar-refractivity contribution is 0.623. The van der Waals surface area contributed by atoms with E-state index in [1.807, 2.05) is 23.5 Å². The third-order valence-corrected chi connectivity index (χ3v) is 6.07. The Morgan fingerprint density at radius 1 is 1.04 bits per heavy atom. The van der Waals surface area contributed by atoms with Crippen molar-refractivity contribution in [2.24, 2.45) is 11.5 Å². The molecule has 0 aliphatic heterocycles. The molecule has 0 spiro atoms. The molecule has 1 aliphatic carbocycles. The van der Waals surface area contributed by atoms with Crippen molar-refractivity contribution in [2.75, 3.05) is 6.54 Å². The highest BCUT2D eigenvalue weighted by Crippen LogP contribution is 2.38. The minimum absolute atomic E-state index is 0.268. The second-order valence-electron chi connectivity index (χ2n) is 6.61. The molecule has 0 bridgehead atoms. The molecule has 4 rings (SSSR count). The predicted molar refractivity (Wildman–Crippen MR) is 103 cm³/mol. The number of pyridine rings is 1. The molecule has 0 radical (unpaired) electrons. The van der Waals surface area contributed by atoms with Gasteiger partial charge in [-0.1, -0.05) is 12.8 Å². The summed E-state index contributed by atoms with van der Waals surface area (Å²) in [6.45, 7) is 0.381. The zero-order valence-corrected chi connectivity index (χ0v) is 15.1. The SMILES string of the molecule is NCC(N)c1nc(-c2ccncc2)nc2sc3c(c12)CCCCCC3. The van der Waals surface area contributed by atoms with Crippen molar-refractivity contribution in [1.29, 1.82) is 0 Å². The van der Waals surface area contributed by atoms with Gasteiger partial charge in [0.2, 0.25) is 0 Å². The van der Waals surface area contributed by atoms with E-state index < -0.39 is 0 Å². The second kappa shape index (κ2) is 7.15. The molecule has 3 aromatic rings. The fourth-order valence-electron chi connectivity index (χ4n) is 3.55. The van der Waals surface area contributed by atoms with Crippen molar-refractivity contribution < 1.29 is 0 Å². The van der Waals surface area contributed by atoms with E-state index in [-0.39, 0.29) is 6.04 Å². The summed E-state index contributed by atoms with van der Waals surface area (Å²) >= 11 is 1.81. The van der Waals surface area contributed by atoms with Crippen molar-refractivity contribution >= 4 is 21.6 Å². The first-order valence-corrected chi connectivity index (χ1v) is 9.78. The van der Waals surface area contributed by atoms with E-state index in [2.05, 4.69) is 4.98 Å². The van der Waals surface area contributed by atoms with Gasteiger partial charge in [0.15, 0.2) is 5.82 Å². The standard InChI is InChI=1S/C19H23N5S/c20-11-14(21)17-16-13-5-3-1-2-4-6-15(13)25-19(16)24-18(23-17)12-7-9-22-10-8-12/h7-10,14H,1-6,11,20-21H2. The van der Waals surface area contributed by atoms with Gasteiger partial charge in [-0.3, -0.25) is 4.98 Å². The number of aryl methyl sites for hydroxylation is 2. The van der Waals surface area contributed by atoms with Crippen LogP contribution in [0, 0.1) is 0 Å². The molecule has 0 saturated heterocycles. The van der Waals surface area contributed by atoms with E-state index in [1.165, 1.54) is 36.1 Å². The molecule has 0 aromatic carbocycles. The summed E-state index contributed by atoms with van der Waals surface area (Å²) in [4.78, 5) is 16.3. The first kappa shape index (κ1) is 16.6. The van der Waals surface area contributed by atoms with Crippen molar-refractivity contribution in [3.8, 4) is 11.4 Å². The molecule has 130 valence electrons. The summed E-state index contributed by atoms with van der Waals surface area (Å²) < 4.78 is 0. The molecule has 3 aromatic heterocycles. The highest BCUT2D eigenvalue weighted by atomic mass is 32.1. The van der Waals surface area contributed by atoms with Gasteiger partial charge in [0, 0.05) is 34.8 Å². The van der Waals surface area contributed by atoms with E-state index in [0.29, 0.717) is 12.4 Å². The summed E-state index contributed by atoms with van der Waals surface area (Å²) in [5.74, 6) is 0.711. The third-order valence-electron chi connectivity index (χ3n) is 4.89. The fraction of sp³-hybridized carbons (Fsp3) is 0.421. The number of hydrogen-bond acceptors (Lipinski definition) is 6. The number of rotatable bonds is 3. The van der Waals surface area contributed by atoms with Crippen LogP contribution in [-0.4, -0.2) is 21.5 Å². The lowest BCUT2D eigenvalue weighted by Gasteiger charge is -2.14. The quantitative estimate of drug-likeness (QED) is 0.753. The molecule has 1 unspecified atom stereocenters. The normalized spacial score (nSPS) is 16.2. The van der Waals surface area contributed by atoms with Gasteiger partial charge >= 0.3 is 0 Å². The van der Waals surface area contributed by atoms with Crippen LogP contribution in [0.15, 0.2) is 24.5 Å². The van der Waals surface area contributed by atoms with Crippen LogP contribution in [0.1, 0.15) is 47.9 Å². The van der Waals surface area contributed by atoms with Crippen molar-refractivity contribution in [3.05, 3.63) is 40.7 Å². The lowest BCUT2D eigenvalue weighted by Crippen LogP contribution is -2.22. The van der Waals surface area contributed by atoms with Crippen molar-refractivity contribution in [2.45, 2.75) is 44.6 Å². The van der Waals surface area contributed by atoms with E-state index in [1.54, 1.807) is 12.4 Å². The number of thiophene rings is 1. The van der Waals surface area contributed by atoms with Crippen LogP contribution in [0.4, 0.5) is 0 Å². The maximum absolute atomic E-state index is 6.35. The average molecular weight is 353 g/mol. The minimum atomic E-state index is -0.268. The molecule has 5 nitrogen and oxygen atoms in total. The smallest absolute Gasteiger partial charge is 0.161 e. The zero-order chi connectivity index (χ0) is 17.2. The molecule has 0 amide bonds. The largest absolute Gasteiger partial charge is 0.329 e. The Hall–Kier alpha value is -1.89. The molecular weight excluding hydrogens is 330 g/mol. The highest BCUT2D eigenvalue weighted by Gasteiger charge is 2.22. The summed E-state index contributed by atoms with van der Waals surface area (Å²) in [5, 5.41) is 1.16. The minimum Gasteiger partial charge on any atom is -0.329 e. The van der Waals surface area contributed by atoms with Gasteiger partial charge in [-0.15, -0.1) is 11.3 Å². The van der Waals surface area contributed by atoms with E-state index in [4.69, 9.17) is 21.4 Å². The van der Waals surface area contributed by atoms with Gasteiger partial charge < -0.3 is 11.5 Å². The van der Waals surface area contributed by atoms with Crippen LogP contribution < -0.4 is 11.5 Å². The average Bonchev–Trinajstić information content (AvgIpc) is 2.97. The highest BCUT2D eigenvalue weighted by molar-refractivity contribution is 7.18. The van der Waals surface area contributed by atoms with Gasteiger partial charge in [-0.2, -0.15) is 0 Å². The second-order valence-corrected chi connectivity index (χ2v) is 7.69. The van der Waals surface area contributed by atoms with E-state index in [0.717, 1.165) is 34.3 Å². The van der Waals surface area contributed by atoms with Crippen LogP contribution >= 0.6 is 11.3 Å². The molecule has 1 aliphatic rings. The third kappa shape index (κ3) is 3.17. The van der Waals surface area contributed by atoms with Gasteiger partial charge in [0.05, 0.1) is 11.7 Å². The Bertz CT molecular complexity index is 874. The molecule has 0 fully saturated rings. The maximum Gasteiger partial charge on any atom is 0.161 e. The molecular formula is C19H23N5S. The maximum atomic E-state index is 6.35. The Balaban J connectivity index is 1.94. The van der Waals surface area contributed by atoms with E-state index >= 15 is 0 Å². The lowest BCUT2D eigenvalue weighted by atomic mass is 9.96. The Morgan fingerprint density at radius 2 is 1.80 bits per heavy atom.